The molecule has 2 bridgehead atoms. The Morgan fingerprint density at radius 1 is 1.43 bits per heavy atom. The molecule has 0 spiro atoms. The van der Waals surface area contributed by atoms with E-state index >= 15 is 0 Å². The van der Waals surface area contributed by atoms with Gasteiger partial charge in [-0.3, -0.25) is 4.79 Å². The lowest BCUT2D eigenvalue weighted by atomic mass is 10.1. The van der Waals surface area contributed by atoms with Gasteiger partial charge in [-0.25, -0.2) is 0 Å². The predicted octanol–water partition coefficient (Wildman–Crippen LogP) is 2.55. The van der Waals surface area contributed by atoms with Gasteiger partial charge in [0, 0.05) is 12.6 Å². The van der Waals surface area contributed by atoms with Gasteiger partial charge in [0.25, 0.3) is 0 Å². The number of carbonyl (C=O) groups excluding carboxylic acids is 1. The molecule has 2 unspecified atom stereocenters. The highest BCUT2D eigenvalue weighted by Gasteiger charge is 2.38. The molecule has 74 valence electrons. The first kappa shape index (κ1) is 8.48. The van der Waals surface area contributed by atoms with Crippen LogP contribution >= 0.6 is 11.3 Å². The topological polar surface area (TPSA) is 20.3 Å². The summed E-state index contributed by atoms with van der Waals surface area (Å²) < 4.78 is 0. The van der Waals surface area contributed by atoms with E-state index in [1.54, 1.807) is 11.3 Å². The molecule has 1 aromatic heterocycles. The van der Waals surface area contributed by atoms with Gasteiger partial charge in [-0.1, -0.05) is 0 Å². The Morgan fingerprint density at radius 3 is 2.93 bits per heavy atom. The smallest absolute Gasteiger partial charge is 0.160 e. The fraction of sp³-hybridized carbons (Fsp3) is 0.545. The van der Waals surface area contributed by atoms with E-state index in [4.69, 9.17) is 0 Å². The zero-order valence-electron chi connectivity index (χ0n) is 7.98. The second-order valence-corrected chi connectivity index (χ2v) is 5.37. The molecule has 1 aliphatic carbocycles. The fourth-order valence-corrected chi connectivity index (χ4v) is 3.66. The molecule has 2 atom stereocenters. The number of piperidine rings is 1. The molecule has 0 amide bonds. The van der Waals surface area contributed by atoms with E-state index in [1.807, 2.05) is 6.07 Å². The van der Waals surface area contributed by atoms with Crippen LogP contribution < -0.4 is 4.90 Å². The van der Waals surface area contributed by atoms with E-state index in [-0.39, 0.29) is 0 Å². The number of anilines is 1. The number of aldehydes is 1. The summed E-state index contributed by atoms with van der Waals surface area (Å²) in [6, 6.07) is 4.78. The van der Waals surface area contributed by atoms with E-state index < -0.39 is 0 Å². The second kappa shape index (κ2) is 3.09. The summed E-state index contributed by atoms with van der Waals surface area (Å²) in [7, 11) is 0. The van der Waals surface area contributed by atoms with Crippen molar-refractivity contribution in [1.82, 2.24) is 0 Å². The van der Waals surface area contributed by atoms with Crippen molar-refractivity contribution in [3.8, 4) is 0 Å². The van der Waals surface area contributed by atoms with E-state index in [0.717, 1.165) is 23.1 Å². The highest BCUT2D eigenvalue weighted by Crippen LogP contribution is 2.42. The van der Waals surface area contributed by atoms with Crippen molar-refractivity contribution in [2.45, 2.75) is 25.3 Å². The van der Waals surface area contributed by atoms with Crippen molar-refractivity contribution in [2.75, 3.05) is 11.4 Å². The summed E-state index contributed by atoms with van der Waals surface area (Å²) in [5.74, 6) is 0.918. The van der Waals surface area contributed by atoms with E-state index in [9.17, 15) is 4.79 Å². The van der Waals surface area contributed by atoms with Crippen LogP contribution in [0.15, 0.2) is 12.1 Å². The average Bonchev–Trinajstić information content (AvgIpc) is 2.93. The summed E-state index contributed by atoms with van der Waals surface area (Å²) in [6.07, 6.45) is 5.07. The van der Waals surface area contributed by atoms with Gasteiger partial charge in [0.05, 0.1) is 9.88 Å². The Kier molecular flexibility index (Phi) is 1.87. The molecular weight excluding hydrogens is 194 g/mol. The molecule has 3 rings (SSSR count). The molecule has 1 saturated carbocycles. The Hall–Kier alpha value is -0.830. The number of carbonyl (C=O) groups is 1. The van der Waals surface area contributed by atoms with Crippen LogP contribution in [0.4, 0.5) is 5.00 Å². The minimum absolute atomic E-state index is 0.762. The Morgan fingerprint density at radius 2 is 2.36 bits per heavy atom. The quantitative estimate of drug-likeness (QED) is 0.695. The number of fused-ring (bicyclic) bond motifs is 2. The van der Waals surface area contributed by atoms with Crippen molar-refractivity contribution in [3.63, 3.8) is 0 Å². The Balaban J connectivity index is 1.85. The summed E-state index contributed by atoms with van der Waals surface area (Å²) in [6.45, 7) is 1.21. The number of hydrogen-bond donors (Lipinski definition) is 0. The number of thiophene rings is 1. The maximum Gasteiger partial charge on any atom is 0.160 e. The summed E-state index contributed by atoms with van der Waals surface area (Å²) in [5, 5.41) is 1.29. The van der Waals surface area contributed by atoms with Crippen molar-refractivity contribution in [1.29, 1.82) is 0 Å². The second-order valence-electron chi connectivity index (χ2n) is 4.28. The van der Waals surface area contributed by atoms with Crippen LogP contribution in [0.5, 0.6) is 0 Å². The summed E-state index contributed by atoms with van der Waals surface area (Å²) in [5.41, 5.74) is 0. The summed E-state index contributed by atoms with van der Waals surface area (Å²) in [4.78, 5) is 13.9. The molecule has 0 N–H and O–H groups in total. The zero-order valence-corrected chi connectivity index (χ0v) is 8.80. The molecule has 2 nitrogen and oxygen atoms in total. The minimum Gasteiger partial charge on any atom is -0.360 e. The maximum atomic E-state index is 10.6. The third-order valence-corrected chi connectivity index (χ3v) is 4.47. The first-order valence-electron chi connectivity index (χ1n) is 5.18. The maximum absolute atomic E-state index is 10.6. The standard InChI is InChI=1S/C11H13NOS/c13-7-10-3-4-11(14-10)12-6-8-1-2-9(12)5-8/h3-4,7-9H,1-2,5-6H2. The van der Waals surface area contributed by atoms with E-state index in [0.29, 0.717) is 0 Å². The molecule has 1 aromatic rings. The van der Waals surface area contributed by atoms with Crippen LogP contribution in [0.1, 0.15) is 28.9 Å². The fourth-order valence-electron chi connectivity index (χ4n) is 2.75. The molecule has 2 aliphatic rings. The molecule has 14 heavy (non-hydrogen) atoms. The van der Waals surface area contributed by atoms with Crippen LogP contribution in [-0.2, 0) is 0 Å². The molecule has 1 saturated heterocycles. The first-order valence-corrected chi connectivity index (χ1v) is 6.00. The van der Waals surface area contributed by atoms with Crippen LogP contribution in [0.25, 0.3) is 0 Å². The van der Waals surface area contributed by atoms with Gasteiger partial charge in [-0.2, -0.15) is 0 Å². The molecule has 3 heteroatoms. The predicted molar refractivity (Wildman–Crippen MR) is 58.2 cm³/mol. The SMILES string of the molecule is O=Cc1ccc(N2CC3CCC2C3)s1. The Bertz CT molecular complexity index is 360. The lowest BCUT2D eigenvalue weighted by Crippen LogP contribution is -2.30. The van der Waals surface area contributed by atoms with E-state index in [1.165, 1.54) is 30.8 Å². The van der Waals surface area contributed by atoms with Crippen molar-refractivity contribution >= 4 is 22.6 Å². The van der Waals surface area contributed by atoms with Crippen LogP contribution in [-0.4, -0.2) is 18.9 Å². The van der Waals surface area contributed by atoms with Gasteiger partial charge in [0.1, 0.15) is 0 Å². The number of nitrogens with zero attached hydrogens (tertiary/aromatic N) is 1. The van der Waals surface area contributed by atoms with Gasteiger partial charge in [-0.15, -0.1) is 11.3 Å². The van der Waals surface area contributed by atoms with Gasteiger partial charge in [-0.05, 0) is 37.3 Å². The Labute approximate surface area is 87.5 Å². The molecule has 1 aliphatic heterocycles. The van der Waals surface area contributed by atoms with Gasteiger partial charge >= 0.3 is 0 Å². The molecule has 0 aromatic carbocycles. The van der Waals surface area contributed by atoms with Crippen molar-refractivity contribution in [2.24, 2.45) is 5.92 Å². The normalized spacial score (nSPS) is 29.9. The highest BCUT2D eigenvalue weighted by atomic mass is 32.1. The monoisotopic (exact) mass is 207 g/mol. The van der Waals surface area contributed by atoms with Crippen molar-refractivity contribution in [3.05, 3.63) is 17.0 Å². The third-order valence-electron chi connectivity index (χ3n) is 3.42. The van der Waals surface area contributed by atoms with Crippen LogP contribution in [0.2, 0.25) is 0 Å². The first-order chi connectivity index (χ1) is 6.86. The van der Waals surface area contributed by atoms with Gasteiger partial charge < -0.3 is 4.90 Å². The van der Waals surface area contributed by atoms with Crippen molar-refractivity contribution < 1.29 is 4.79 Å². The van der Waals surface area contributed by atoms with Gasteiger partial charge in [0.15, 0.2) is 6.29 Å². The lowest BCUT2D eigenvalue weighted by molar-refractivity contribution is 0.112. The molecule has 2 fully saturated rings. The minimum atomic E-state index is 0.762. The zero-order chi connectivity index (χ0) is 9.54. The molecular formula is C11H13NOS. The summed E-state index contributed by atoms with van der Waals surface area (Å²) >= 11 is 1.63. The van der Waals surface area contributed by atoms with E-state index in [2.05, 4.69) is 11.0 Å². The lowest BCUT2D eigenvalue weighted by Gasteiger charge is -2.27. The molecule has 2 heterocycles. The average molecular weight is 207 g/mol. The van der Waals surface area contributed by atoms with Crippen LogP contribution in [0.3, 0.4) is 0 Å². The number of rotatable bonds is 2. The largest absolute Gasteiger partial charge is 0.360 e. The third kappa shape index (κ3) is 1.19. The molecule has 0 radical (unpaired) electrons. The van der Waals surface area contributed by atoms with Gasteiger partial charge in [0.2, 0.25) is 0 Å². The highest BCUT2D eigenvalue weighted by molar-refractivity contribution is 7.17. The van der Waals surface area contributed by atoms with Crippen LogP contribution in [0, 0.1) is 5.92 Å². The number of hydrogen-bond acceptors (Lipinski definition) is 3.